The standard InChI is InChI=1S/C15H19Cl2NO3/c1-18(12-4-2-3-5-13(12)19)15(20)9-21-14-7-6-10(16)8-11(14)17/h6-8,12-13,19H,2-5,9H2,1H3. The molecule has 1 amide bonds. The van der Waals surface area contributed by atoms with Crippen LogP contribution in [0.5, 0.6) is 5.75 Å². The second-order valence-corrected chi connectivity index (χ2v) is 6.13. The Morgan fingerprint density at radius 2 is 2.10 bits per heavy atom. The first-order valence-corrected chi connectivity index (χ1v) is 7.76. The van der Waals surface area contributed by atoms with E-state index in [1.54, 1.807) is 30.1 Å². The Morgan fingerprint density at radius 1 is 1.38 bits per heavy atom. The number of benzene rings is 1. The van der Waals surface area contributed by atoms with Crippen molar-refractivity contribution in [2.24, 2.45) is 0 Å². The summed E-state index contributed by atoms with van der Waals surface area (Å²) in [6, 6.07) is 4.72. The number of amides is 1. The van der Waals surface area contributed by atoms with Crippen LogP contribution in [-0.4, -0.2) is 41.7 Å². The zero-order valence-electron chi connectivity index (χ0n) is 11.9. The predicted octanol–water partition coefficient (Wildman–Crippen LogP) is 3.13. The Morgan fingerprint density at radius 3 is 2.76 bits per heavy atom. The van der Waals surface area contributed by atoms with Crippen LogP contribution in [0, 0.1) is 0 Å². The average Bonchev–Trinajstić information content (AvgIpc) is 2.46. The van der Waals surface area contributed by atoms with Crippen LogP contribution in [0.25, 0.3) is 0 Å². The van der Waals surface area contributed by atoms with Crippen molar-refractivity contribution >= 4 is 29.1 Å². The van der Waals surface area contributed by atoms with E-state index in [-0.39, 0.29) is 18.6 Å². The zero-order chi connectivity index (χ0) is 15.4. The van der Waals surface area contributed by atoms with E-state index in [1.165, 1.54) is 0 Å². The fourth-order valence-electron chi connectivity index (χ4n) is 2.56. The molecular formula is C15H19Cl2NO3. The van der Waals surface area contributed by atoms with E-state index in [1.807, 2.05) is 0 Å². The third-order valence-electron chi connectivity index (χ3n) is 3.83. The van der Waals surface area contributed by atoms with Gasteiger partial charge in [0.25, 0.3) is 5.91 Å². The van der Waals surface area contributed by atoms with Crippen molar-refractivity contribution in [1.29, 1.82) is 0 Å². The van der Waals surface area contributed by atoms with Crippen LogP contribution in [0.3, 0.4) is 0 Å². The number of halogens is 2. The first kappa shape index (κ1) is 16.4. The number of likely N-dealkylation sites (N-methyl/N-ethyl adjacent to an activating group) is 1. The Hall–Kier alpha value is -0.970. The van der Waals surface area contributed by atoms with E-state index in [0.29, 0.717) is 15.8 Å². The normalized spacial score (nSPS) is 21.9. The van der Waals surface area contributed by atoms with Gasteiger partial charge in [0.1, 0.15) is 5.75 Å². The maximum Gasteiger partial charge on any atom is 0.260 e. The lowest BCUT2D eigenvalue weighted by Crippen LogP contribution is -2.47. The number of ether oxygens (including phenoxy) is 1. The summed E-state index contributed by atoms with van der Waals surface area (Å²) >= 11 is 11.8. The summed E-state index contributed by atoms with van der Waals surface area (Å²) in [6.45, 7) is -0.110. The number of rotatable bonds is 4. The third kappa shape index (κ3) is 4.25. The van der Waals surface area contributed by atoms with Gasteiger partial charge in [-0.1, -0.05) is 36.0 Å². The molecule has 116 valence electrons. The summed E-state index contributed by atoms with van der Waals surface area (Å²) in [4.78, 5) is 13.7. The lowest BCUT2D eigenvalue weighted by molar-refractivity contribution is -0.137. The Bertz CT molecular complexity index is 510. The lowest BCUT2D eigenvalue weighted by Gasteiger charge is -2.35. The van der Waals surface area contributed by atoms with Crippen molar-refractivity contribution in [2.45, 2.75) is 37.8 Å². The number of carbonyl (C=O) groups is 1. The largest absolute Gasteiger partial charge is 0.482 e. The maximum atomic E-state index is 12.2. The summed E-state index contributed by atoms with van der Waals surface area (Å²) < 4.78 is 5.44. The van der Waals surface area contributed by atoms with E-state index in [2.05, 4.69) is 0 Å². The zero-order valence-corrected chi connectivity index (χ0v) is 13.4. The minimum atomic E-state index is -0.452. The van der Waals surface area contributed by atoms with Crippen molar-refractivity contribution in [1.82, 2.24) is 4.90 Å². The van der Waals surface area contributed by atoms with E-state index in [9.17, 15) is 9.90 Å². The van der Waals surface area contributed by atoms with Crippen LogP contribution in [0.2, 0.25) is 10.0 Å². The van der Waals surface area contributed by atoms with E-state index in [0.717, 1.165) is 25.7 Å². The van der Waals surface area contributed by atoms with Crippen molar-refractivity contribution in [3.63, 3.8) is 0 Å². The number of hydrogen-bond donors (Lipinski definition) is 1. The molecule has 1 aliphatic rings. The third-order valence-corrected chi connectivity index (χ3v) is 4.36. The topological polar surface area (TPSA) is 49.8 Å². The lowest BCUT2D eigenvalue weighted by atomic mass is 9.91. The van der Waals surface area contributed by atoms with Crippen LogP contribution in [0.15, 0.2) is 18.2 Å². The molecule has 0 saturated heterocycles. The van der Waals surface area contributed by atoms with Crippen molar-refractivity contribution < 1.29 is 14.6 Å². The highest BCUT2D eigenvalue weighted by atomic mass is 35.5. The van der Waals surface area contributed by atoms with Gasteiger partial charge in [-0.25, -0.2) is 0 Å². The van der Waals surface area contributed by atoms with Gasteiger partial charge in [-0.2, -0.15) is 0 Å². The van der Waals surface area contributed by atoms with Gasteiger partial charge in [-0.3, -0.25) is 4.79 Å². The number of aliphatic hydroxyl groups excluding tert-OH is 1. The molecule has 1 aromatic rings. The summed E-state index contributed by atoms with van der Waals surface area (Å²) in [6.07, 6.45) is 3.16. The number of nitrogens with zero attached hydrogens (tertiary/aromatic N) is 1. The summed E-state index contributed by atoms with van der Waals surface area (Å²) in [5.41, 5.74) is 0. The molecule has 21 heavy (non-hydrogen) atoms. The molecule has 1 fully saturated rings. The monoisotopic (exact) mass is 331 g/mol. The number of carbonyl (C=O) groups excluding carboxylic acids is 1. The minimum absolute atomic E-state index is 0.110. The highest BCUT2D eigenvalue weighted by molar-refractivity contribution is 6.35. The van der Waals surface area contributed by atoms with Gasteiger partial charge in [0.2, 0.25) is 0 Å². The van der Waals surface area contributed by atoms with Crippen molar-refractivity contribution in [3.05, 3.63) is 28.2 Å². The van der Waals surface area contributed by atoms with Crippen LogP contribution in [0.4, 0.5) is 0 Å². The van der Waals surface area contributed by atoms with Gasteiger partial charge < -0.3 is 14.7 Å². The molecule has 1 aliphatic carbocycles. The van der Waals surface area contributed by atoms with Crippen LogP contribution in [-0.2, 0) is 4.79 Å². The molecule has 1 saturated carbocycles. The number of hydrogen-bond acceptors (Lipinski definition) is 3. The minimum Gasteiger partial charge on any atom is -0.482 e. The molecule has 4 nitrogen and oxygen atoms in total. The fourth-order valence-corrected chi connectivity index (χ4v) is 3.03. The van der Waals surface area contributed by atoms with E-state index >= 15 is 0 Å². The quantitative estimate of drug-likeness (QED) is 0.922. The summed E-state index contributed by atoms with van der Waals surface area (Å²) in [5.74, 6) is 0.249. The van der Waals surface area contributed by atoms with E-state index < -0.39 is 6.10 Å². The SMILES string of the molecule is CN(C(=O)COc1ccc(Cl)cc1Cl)C1CCCCC1O. The van der Waals surface area contributed by atoms with Crippen LogP contribution >= 0.6 is 23.2 Å². The summed E-state index contributed by atoms with van der Waals surface area (Å²) in [5, 5.41) is 10.9. The van der Waals surface area contributed by atoms with Crippen LogP contribution < -0.4 is 4.74 Å². The molecule has 0 heterocycles. The smallest absolute Gasteiger partial charge is 0.260 e. The summed E-state index contributed by atoms with van der Waals surface area (Å²) in [7, 11) is 1.70. The second-order valence-electron chi connectivity index (χ2n) is 5.29. The van der Waals surface area contributed by atoms with Gasteiger partial charge in [0, 0.05) is 12.1 Å². The van der Waals surface area contributed by atoms with Crippen molar-refractivity contribution in [2.75, 3.05) is 13.7 Å². The fraction of sp³-hybridized carbons (Fsp3) is 0.533. The molecule has 1 aromatic carbocycles. The maximum absolute atomic E-state index is 12.2. The molecule has 2 rings (SSSR count). The molecule has 2 unspecified atom stereocenters. The molecule has 0 radical (unpaired) electrons. The Labute approximate surface area is 134 Å². The van der Waals surface area contributed by atoms with Gasteiger partial charge in [-0.05, 0) is 31.0 Å². The van der Waals surface area contributed by atoms with Crippen LogP contribution in [0.1, 0.15) is 25.7 Å². The Balaban J connectivity index is 1.91. The molecule has 0 aliphatic heterocycles. The average molecular weight is 332 g/mol. The first-order valence-electron chi connectivity index (χ1n) is 7.00. The highest BCUT2D eigenvalue weighted by Gasteiger charge is 2.29. The first-order chi connectivity index (χ1) is 9.99. The van der Waals surface area contributed by atoms with Crippen molar-refractivity contribution in [3.8, 4) is 5.75 Å². The predicted molar refractivity (Wildman–Crippen MR) is 83.0 cm³/mol. The van der Waals surface area contributed by atoms with Gasteiger partial charge in [0.05, 0.1) is 17.2 Å². The number of aliphatic hydroxyl groups is 1. The molecule has 2 atom stereocenters. The van der Waals surface area contributed by atoms with Gasteiger partial charge in [0.15, 0.2) is 6.61 Å². The molecule has 6 heteroatoms. The molecule has 0 spiro atoms. The Kier molecular flexibility index (Phi) is 5.73. The second kappa shape index (κ2) is 7.34. The van der Waals surface area contributed by atoms with Gasteiger partial charge in [-0.15, -0.1) is 0 Å². The molecule has 1 N–H and O–H groups in total. The molecular weight excluding hydrogens is 313 g/mol. The highest BCUT2D eigenvalue weighted by Crippen LogP contribution is 2.28. The van der Waals surface area contributed by atoms with Gasteiger partial charge >= 0.3 is 0 Å². The van der Waals surface area contributed by atoms with E-state index in [4.69, 9.17) is 27.9 Å². The molecule has 0 aromatic heterocycles. The molecule has 0 bridgehead atoms.